The molecule has 1 heterocycles. The quantitative estimate of drug-likeness (QED) is 0.801. The molecular formula is C14H26N2O2. The summed E-state index contributed by atoms with van der Waals surface area (Å²) in [5.74, 6) is 0.371. The minimum atomic E-state index is -0.688. The number of likely N-dealkylation sites (tertiary alicyclic amines) is 1. The van der Waals surface area contributed by atoms with Gasteiger partial charge in [-0.15, -0.1) is 0 Å². The van der Waals surface area contributed by atoms with Crippen molar-refractivity contribution in [1.29, 1.82) is 0 Å². The SMILES string of the molecule is NC1CC(CC(=O)O)CN(CC2CCCCC2)C1. The van der Waals surface area contributed by atoms with E-state index in [4.69, 9.17) is 10.8 Å². The largest absolute Gasteiger partial charge is 0.481 e. The molecular weight excluding hydrogens is 228 g/mol. The number of carbonyl (C=O) groups is 1. The lowest BCUT2D eigenvalue weighted by Gasteiger charge is -2.38. The maximum atomic E-state index is 10.8. The summed E-state index contributed by atoms with van der Waals surface area (Å²) in [6, 6.07) is 0.159. The van der Waals surface area contributed by atoms with Crippen molar-refractivity contribution in [3.05, 3.63) is 0 Å². The molecule has 2 unspecified atom stereocenters. The first-order valence-corrected chi connectivity index (χ1v) is 7.33. The Bertz CT molecular complexity index is 277. The number of rotatable bonds is 4. The van der Waals surface area contributed by atoms with E-state index in [0.29, 0.717) is 0 Å². The van der Waals surface area contributed by atoms with Crippen molar-refractivity contribution in [1.82, 2.24) is 4.90 Å². The molecule has 0 aromatic carbocycles. The second-order valence-corrected chi connectivity index (χ2v) is 6.18. The first kappa shape index (κ1) is 13.8. The Morgan fingerprint density at radius 3 is 2.56 bits per heavy atom. The van der Waals surface area contributed by atoms with Crippen LogP contribution >= 0.6 is 0 Å². The summed E-state index contributed by atoms with van der Waals surface area (Å²) in [7, 11) is 0. The number of aliphatic carboxylic acids is 1. The van der Waals surface area contributed by atoms with Gasteiger partial charge in [0.1, 0.15) is 0 Å². The number of nitrogens with two attached hydrogens (primary N) is 1. The summed E-state index contributed by atoms with van der Waals surface area (Å²) in [6.45, 7) is 3.01. The van der Waals surface area contributed by atoms with Crippen molar-refractivity contribution in [2.24, 2.45) is 17.6 Å². The van der Waals surface area contributed by atoms with Gasteiger partial charge in [0.05, 0.1) is 0 Å². The lowest BCUT2D eigenvalue weighted by atomic mass is 9.87. The Morgan fingerprint density at radius 2 is 1.89 bits per heavy atom. The summed E-state index contributed by atoms with van der Waals surface area (Å²) in [5.41, 5.74) is 6.06. The Balaban J connectivity index is 1.81. The average molecular weight is 254 g/mol. The first-order valence-electron chi connectivity index (χ1n) is 7.33. The molecule has 1 saturated carbocycles. The van der Waals surface area contributed by atoms with Crippen molar-refractivity contribution in [2.45, 2.75) is 51.0 Å². The highest BCUT2D eigenvalue weighted by Crippen LogP contribution is 2.27. The fourth-order valence-electron chi connectivity index (χ4n) is 3.63. The molecule has 2 rings (SSSR count). The Hall–Kier alpha value is -0.610. The highest BCUT2D eigenvalue weighted by atomic mass is 16.4. The second kappa shape index (κ2) is 6.53. The molecule has 0 bridgehead atoms. The van der Waals surface area contributed by atoms with E-state index in [-0.39, 0.29) is 18.4 Å². The van der Waals surface area contributed by atoms with E-state index in [9.17, 15) is 4.79 Å². The van der Waals surface area contributed by atoms with Crippen LogP contribution in [0.4, 0.5) is 0 Å². The third kappa shape index (κ3) is 4.25. The molecule has 2 atom stereocenters. The highest BCUT2D eigenvalue weighted by Gasteiger charge is 2.28. The minimum absolute atomic E-state index is 0.159. The predicted octanol–water partition coefficient (Wildman–Crippen LogP) is 1.69. The molecule has 0 aromatic rings. The molecule has 4 heteroatoms. The summed E-state index contributed by atoms with van der Waals surface area (Å²) < 4.78 is 0. The fourth-order valence-corrected chi connectivity index (χ4v) is 3.63. The van der Waals surface area contributed by atoms with Gasteiger partial charge in [0.2, 0.25) is 0 Å². The van der Waals surface area contributed by atoms with Crippen LogP contribution in [0.1, 0.15) is 44.9 Å². The maximum absolute atomic E-state index is 10.8. The molecule has 0 aromatic heterocycles. The minimum Gasteiger partial charge on any atom is -0.481 e. The third-order valence-corrected chi connectivity index (χ3v) is 4.35. The zero-order chi connectivity index (χ0) is 13.0. The summed E-state index contributed by atoms with van der Waals surface area (Å²) in [6.07, 6.45) is 7.94. The van der Waals surface area contributed by atoms with E-state index in [1.54, 1.807) is 0 Å². The van der Waals surface area contributed by atoms with Gasteiger partial charge in [0.25, 0.3) is 0 Å². The summed E-state index contributed by atoms with van der Waals surface area (Å²) in [4.78, 5) is 13.2. The monoisotopic (exact) mass is 254 g/mol. The van der Waals surface area contributed by atoms with Crippen LogP contribution in [0.15, 0.2) is 0 Å². The van der Waals surface area contributed by atoms with Crippen LogP contribution < -0.4 is 5.73 Å². The number of hydrogen-bond acceptors (Lipinski definition) is 3. The van der Waals surface area contributed by atoms with Gasteiger partial charge < -0.3 is 15.7 Å². The van der Waals surface area contributed by atoms with Crippen LogP contribution in [0.25, 0.3) is 0 Å². The van der Waals surface area contributed by atoms with Crippen LogP contribution in [-0.2, 0) is 4.79 Å². The molecule has 104 valence electrons. The molecule has 18 heavy (non-hydrogen) atoms. The third-order valence-electron chi connectivity index (χ3n) is 4.35. The maximum Gasteiger partial charge on any atom is 0.303 e. The molecule has 2 fully saturated rings. The van der Waals surface area contributed by atoms with E-state index in [2.05, 4.69) is 4.90 Å². The molecule has 4 nitrogen and oxygen atoms in total. The van der Waals surface area contributed by atoms with Crippen LogP contribution in [0.5, 0.6) is 0 Å². The number of hydrogen-bond donors (Lipinski definition) is 2. The molecule has 3 N–H and O–H groups in total. The van der Waals surface area contributed by atoms with E-state index in [1.807, 2.05) is 0 Å². The lowest BCUT2D eigenvalue weighted by Crippen LogP contribution is -2.49. The second-order valence-electron chi connectivity index (χ2n) is 6.18. The van der Waals surface area contributed by atoms with Gasteiger partial charge >= 0.3 is 5.97 Å². The van der Waals surface area contributed by atoms with Gasteiger partial charge in [0.15, 0.2) is 0 Å². The van der Waals surface area contributed by atoms with Crippen molar-refractivity contribution >= 4 is 5.97 Å². The fraction of sp³-hybridized carbons (Fsp3) is 0.929. The molecule has 1 aliphatic heterocycles. The van der Waals surface area contributed by atoms with E-state index >= 15 is 0 Å². The summed E-state index contributed by atoms with van der Waals surface area (Å²) in [5, 5.41) is 8.90. The lowest BCUT2D eigenvalue weighted by molar-refractivity contribution is -0.138. The van der Waals surface area contributed by atoms with Crippen molar-refractivity contribution in [3.8, 4) is 0 Å². The van der Waals surface area contributed by atoms with E-state index in [1.165, 1.54) is 32.1 Å². The van der Waals surface area contributed by atoms with Crippen molar-refractivity contribution in [2.75, 3.05) is 19.6 Å². The van der Waals surface area contributed by atoms with Crippen molar-refractivity contribution < 1.29 is 9.90 Å². The smallest absolute Gasteiger partial charge is 0.303 e. The molecule has 0 radical (unpaired) electrons. The normalized spacial score (nSPS) is 31.4. The van der Waals surface area contributed by atoms with Gasteiger partial charge in [-0.1, -0.05) is 19.3 Å². The highest BCUT2D eigenvalue weighted by molar-refractivity contribution is 5.67. The molecule has 1 saturated heterocycles. The van der Waals surface area contributed by atoms with Gasteiger partial charge in [-0.3, -0.25) is 4.79 Å². The van der Waals surface area contributed by atoms with Crippen molar-refractivity contribution in [3.63, 3.8) is 0 Å². The van der Waals surface area contributed by atoms with Gasteiger partial charge in [0, 0.05) is 32.1 Å². The topological polar surface area (TPSA) is 66.6 Å². The van der Waals surface area contributed by atoms with Crippen LogP contribution in [0, 0.1) is 11.8 Å². The number of carboxylic acid groups (broad SMARTS) is 1. The average Bonchev–Trinajstić information content (AvgIpc) is 2.28. The first-order chi connectivity index (χ1) is 8.63. The predicted molar refractivity (Wildman–Crippen MR) is 71.4 cm³/mol. The summed E-state index contributed by atoms with van der Waals surface area (Å²) >= 11 is 0. The molecule has 2 aliphatic rings. The number of piperidine rings is 1. The van der Waals surface area contributed by atoms with E-state index < -0.39 is 5.97 Å². The zero-order valence-corrected chi connectivity index (χ0v) is 11.2. The van der Waals surface area contributed by atoms with Gasteiger partial charge in [-0.25, -0.2) is 0 Å². The van der Waals surface area contributed by atoms with Crippen LogP contribution in [-0.4, -0.2) is 41.7 Å². The number of carboxylic acids is 1. The van der Waals surface area contributed by atoms with Crippen LogP contribution in [0.3, 0.4) is 0 Å². The van der Waals surface area contributed by atoms with Gasteiger partial charge in [-0.2, -0.15) is 0 Å². The van der Waals surface area contributed by atoms with Crippen LogP contribution in [0.2, 0.25) is 0 Å². The Labute approximate surface area is 110 Å². The number of nitrogens with zero attached hydrogens (tertiary/aromatic N) is 1. The molecule has 0 spiro atoms. The Morgan fingerprint density at radius 1 is 1.17 bits per heavy atom. The van der Waals surface area contributed by atoms with Gasteiger partial charge in [-0.05, 0) is 31.1 Å². The molecule has 0 amide bonds. The standard InChI is InChI=1S/C14H26N2O2/c15-13-6-12(7-14(17)18)9-16(10-13)8-11-4-2-1-3-5-11/h11-13H,1-10,15H2,(H,17,18). The molecule has 1 aliphatic carbocycles. The zero-order valence-electron chi connectivity index (χ0n) is 11.2. The van der Waals surface area contributed by atoms with E-state index in [0.717, 1.165) is 32.0 Å². The Kier molecular flexibility index (Phi) is 5.01.